The molecule has 1 aliphatic rings. The minimum atomic E-state index is -0.797. The summed E-state index contributed by atoms with van der Waals surface area (Å²) in [6.07, 6.45) is 2.87. The molecule has 0 saturated heterocycles. The summed E-state index contributed by atoms with van der Waals surface area (Å²) in [6.45, 7) is 10.1. The summed E-state index contributed by atoms with van der Waals surface area (Å²) in [5.74, 6) is -0.133. The molecule has 1 saturated carbocycles. The van der Waals surface area contributed by atoms with Gasteiger partial charge in [-0.2, -0.15) is 0 Å². The van der Waals surface area contributed by atoms with E-state index in [4.69, 9.17) is 0 Å². The molecule has 0 radical (unpaired) electrons. The van der Waals surface area contributed by atoms with E-state index in [1.807, 2.05) is 6.92 Å². The summed E-state index contributed by atoms with van der Waals surface area (Å²) >= 11 is 0. The number of carboxylic acid groups (broad SMARTS) is 1. The predicted octanol–water partition coefficient (Wildman–Crippen LogP) is 1.49. The Morgan fingerprint density at radius 1 is 1.29 bits per heavy atom. The Morgan fingerprint density at radius 2 is 1.90 bits per heavy atom. The van der Waals surface area contributed by atoms with Gasteiger partial charge in [0.15, 0.2) is 0 Å². The summed E-state index contributed by atoms with van der Waals surface area (Å²) in [7, 11) is 4.15. The van der Waals surface area contributed by atoms with Crippen molar-refractivity contribution in [2.45, 2.75) is 51.6 Å². The van der Waals surface area contributed by atoms with E-state index in [1.165, 1.54) is 0 Å². The number of carboxylic acids is 1. The number of carbonyl (C=O) groups is 1. The van der Waals surface area contributed by atoms with Gasteiger partial charge in [-0.15, -0.1) is 0 Å². The lowest BCUT2D eigenvalue weighted by atomic mass is 9.97. The zero-order chi connectivity index (χ0) is 16.0. The molecule has 0 aromatic rings. The molecule has 21 heavy (non-hydrogen) atoms. The van der Waals surface area contributed by atoms with Crippen molar-refractivity contribution in [3.05, 3.63) is 0 Å². The minimum absolute atomic E-state index is 0.409. The number of hydrogen-bond donors (Lipinski definition) is 2. The van der Waals surface area contributed by atoms with Gasteiger partial charge in [-0.3, -0.25) is 10.1 Å². The number of rotatable bonds is 11. The van der Waals surface area contributed by atoms with Crippen molar-refractivity contribution in [3.8, 4) is 0 Å². The lowest BCUT2D eigenvalue weighted by Gasteiger charge is -2.31. The monoisotopic (exact) mass is 299 g/mol. The van der Waals surface area contributed by atoms with Crippen LogP contribution in [0.4, 0.5) is 0 Å². The highest BCUT2D eigenvalue weighted by atomic mass is 16.4. The van der Waals surface area contributed by atoms with Gasteiger partial charge in [-0.05, 0) is 46.2 Å². The molecule has 1 atom stereocenters. The highest BCUT2D eigenvalue weighted by molar-refractivity contribution is 5.78. The Balaban J connectivity index is 2.52. The van der Waals surface area contributed by atoms with Crippen molar-refractivity contribution >= 4 is 5.97 Å². The van der Waals surface area contributed by atoms with Crippen LogP contribution in [0.15, 0.2) is 0 Å². The average molecular weight is 299 g/mol. The average Bonchev–Trinajstić information content (AvgIpc) is 3.15. The lowest BCUT2D eigenvalue weighted by molar-refractivity contribution is -0.144. The maximum atomic E-state index is 11.6. The van der Waals surface area contributed by atoms with E-state index in [0.717, 1.165) is 39.0 Å². The molecule has 0 amide bonds. The van der Waals surface area contributed by atoms with Crippen LogP contribution >= 0.6 is 0 Å². The number of nitrogens with zero attached hydrogens (tertiary/aromatic N) is 2. The van der Waals surface area contributed by atoms with Crippen molar-refractivity contribution in [2.75, 3.05) is 40.3 Å². The number of hydrogen-bond acceptors (Lipinski definition) is 4. The van der Waals surface area contributed by atoms with E-state index < -0.39 is 11.5 Å². The second kappa shape index (κ2) is 8.11. The number of likely N-dealkylation sites (N-methyl/N-ethyl adjacent to an activating group) is 1. The van der Waals surface area contributed by atoms with Gasteiger partial charge in [0.2, 0.25) is 0 Å². The molecule has 1 aliphatic carbocycles. The summed E-state index contributed by atoms with van der Waals surface area (Å²) in [5.41, 5.74) is -0.797. The highest BCUT2D eigenvalue weighted by Crippen LogP contribution is 2.24. The molecule has 0 heterocycles. The molecular weight excluding hydrogens is 266 g/mol. The maximum Gasteiger partial charge on any atom is 0.323 e. The second-order valence-electron chi connectivity index (χ2n) is 7.30. The van der Waals surface area contributed by atoms with Gasteiger partial charge >= 0.3 is 5.97 Å². The quantitative estimate of drug-likeness (QED) is 0.605. The maximum absolute atomic E-state index is 11.6. The van der Waals surface area contributed by atoms with Gasteiger partial charge in [-0.1, -0.05) is 13.8 Å². The van der Waals surface area contributed by atoms with Gasteiger partial charge in [0, 0.05) is 32.2 Å². The third-order valence-electron chi connectivity index (χ3n) is 3.99. The Morgan fingerprint density at radius 3 is 2.33 bits per heavy atom. The summed E-state index contributed by atoms with van der Waals surface area (Å²) in [5, 5.41) is 12.8. The first-order chi connectivity index (χ1) is 9.73. The van der Waals surface area contributed by atoms with E-state index >= 15 is 0 Å². The Bertz CT molecular complexity index is 329. The summed E-state index contributed by atoms with van der Waals surface area (Å²) < 4.78 is 0. The Labute approximate surface area is 129 Å². The normalized spacial score (nSPS) is 18.5. The van der Waals surface area contributed by atoms with Crippen LogP contribution in [0.5, 0.6) is 0 Å². The van der Waals surface area contributed by atoms with E-state index in [2.05, 4.69) is 43.1 Å². The molecule has 1 rings (SSSR count). The van der Waals surface area contributed by atoms with Crippen LogP contribution in [0.25, 0.3) is 0 Å². The Kier molecular flexibility index (Phi) is 7.10. The van der Waals surface area contributed by atoms with Crippen LogP contribution < -0.4 is 5.32 Å². The molecule has 1 fully saturated rings. The van der Waals surface area contributed by atoms with Gasteiger partial charge in [-0.25, -0.2) is 0 Å². The number of nitrogens with one attached hydrogen (secondary N) is 1. The zero-order valence-electron chi connectivity index (χ0n) is 14.4. The van der Waals surface area contributed by atoms with E-state index in [9.17, 15) is 9.90 Å². The molecule has 2 N–H and O–H groups in total. The third kappa shape index (κ3) is 7.25. The fourth-order valence-electron chi connectivity index (χ4n) is 2.45. The predicted molar refractivity (Wildman–Crippen MR) is 86.6 cm³/mol. The van der Waals surface area contributed by atoms with Gasteiger partial charge in [0.1, 0.15) is 5.54 Å². The standard InChI is InChI=1S/C16H33N3O2/c1-13(2)12-19(11-10-18(4)5)9-8-16(3,15(20)21)17-14-6-7-14/h13-14,17H,6-12H2,1-5H3,(H,20,21). The largest absolute Gasteiger partial charge is 0.480 e. The van der Waals surface area contributed by atoms with Crippen molar-refractivity contribution in [2.24, 2.45) is 5.92 Å². The van der Waals surface area contributed by atoms with Crippen molar-refractivity contribution < 1.29 is 9.90 Å². The third-order valence-corrected chi connectivity index (χ3v) is 3.99. The van der Waals surface area contributed by atoms with Crippen molar-refractivity contribution in [3.63, 3.8) is 0 Å². The first kappa shape index (κ1) is 18.4. The summed E-state index contributed by atoms with van der Waals surface area (Å²) in [6, 6.07) is 0.409. The zero-order valence-corrected chi connectivity index (χ0v) is 14.4. The molecule has 0 aromatic heterocycles. The van der Waals surface area contributed by atoms with E-state index in [-0.39, 0.29) is 0 Å². The highest BCUT2D eigenvalue weighted by Gasteiger charge is 2.38. The van der Waals surface area contributed by atoms with Crippen LogP contribution in [0.1, 0.15) is 40.0 Å². The molecule has 0 aromatic carbocycles. The number of aliphatic carboxylic acids is 1. The van der Waals surface area contributed by atoms with Gasteiger partial charge in [0.05, 0.1) is 0 Å². The molecule has 1 unspecified atom stereocenters. The summed E-state index contributed by atoms with van der Waals surface area (Å²) in [4.78, 5) is 16.2. The smallest absolute Gasteiger partial charge is 0.323 e. The Hall–Kier alpha value is -0.650. The minimum Gasteiger partial charge on any atom is -0.480 e. The van der Waals surface area contributed by atoms with Gasteiger partial charge < -0.3 is 14.9 Å². The fourth-order valence-corrected chi connectivity index (χ4v) is 2.45. The molecular formula is C16H33N3O2. The fraction of sp³-hybridized carbons (Fsp3) is 0.938. The topological polar surface area (TPSA) is 55.8 Å². The van der Waals surface area contributed by atoms with E-state index in [0.29, 0.717) is 18.4 Å². The van der Waals surface area contributed by atoms with Crippen LogP contribution in [0, 0.1) is 5.92 Å². The van der Waals surface area contributed by atoms with Crippen molar-refractivity contribution in [1.82, 2.24) is 15.1 Å². The molecule has 5 heteroatoms. The van der Waals surface area contributed by atoms with Crippen LogP contribution in [0.3, 0.4) is 0 Å². The first-order valence-corrected chi connectivity index (χ1v) is 8.11. The SMILES string of the molecule is CC(C)CN(CCN(C)C)CCC(C)(NC1CC1)C(=O)O. The lowest BCUT2D eigenvalue weighted by Crippen LogP contribution is -2.52. The van der Waals surface area contributed by atoms with Gasteiger partial charge in [0.25, 0.3) is 0 Å². The molecule has 0 aliphatic heterocycles. The van der Waals surface area contributed by atoms with Crippen LogP contribution in [-0.2, 0) is 4.79 Å². The molecule has 0 spiro atoms. The molecule has 0 bridgehead atoms. The van der Waals surface area contributed by atoms with E-state index in [1.54, 1.807) is 0 Å². The van der Waals surface area contributed by atoms with Crippen LogP contribution in [0.2, 0.25) is 0 Å². The van der Waals surface area contributed by atoms with Crippen molar-refractivity contribution in [1.29, 1.82) is 0 Å². The second-order valence-corrected chi connectivity index (χ2v) is 7.30. The molecule has 5 nitrogen and oxygen atoms in total. The van der Waals surface area contributed by atoms with Crippen LogP contribution in [-0.4, -0.2) is 72.7 Å². The molecule has 124 valence electrons. The first-order valence-electron chi connectivity index (χ1n) is 8.11.